The molecule has 0 amide bonds. The highest BCUT2D eigenvalue weighted by Gasteiger charge is 2.22. The fourth-order valence-corrected chi connectivity index (χ4v) is 2.01. The Hall–Kier alpha value is -0.0900. The molecule has 80 valence electrons. The third kappa shape index (κ3) is 4.62. The molecule has 0 radical (unpaired) electrons. The van der Waals surface area contributed by atoms with Crippen molar-refractivity contribution in [2.75, 3.05) is 5.75 Å². The lowest BCUT2D eigenvalue weighted by molar-refractivity contribution is 0.435. The normalized spacial score (nSPS) is 17.4. The highest BCUT2D eigenvalue weighted by Crippen LogP contribution is 2.13. The van der Waals surface area contributed by atoms with E-state index in [0.29, 0.717) is 6.42 Å². The van der Waals surface area contributed by atoms with Crippen molar-refractivity contribution < 1.29 is 8.42 Å². The van der Waals surface area contributed by atoms with Crippen molar-refractivity contribution in [3.63, 3.8) is 0 Å². The zero-order chi connectivity index (χ0) is 10.7. The van der Waals surface area contributed by atoms with Crippen molar-refractivity contribution in [3.8, 4) is 0 Å². The summed E-state index contributed by atoms with van der Waals surface area (Å²) in [5, 5.41) is -0.292. The molecule has 0 aromatic heterocycles. The maximum Gasteiger partial charge on any atom is 0.152 e. The van der Waals surface area contributed by atoms with Crippen LogP contribution in [0.4, 0.5) is 0 Å². The van der Waals surface area contributed by atoms with Crippen molar-refractivity contribution in [1.29, 1.82) is 0 Å². The first-order valence-electron chi connectivity index (χ1n) is 4.72. The molecule has 0 heterocycles. The van der Waals surface area contributed by atoms with E-state index in [-0.39, 0.29) is 16.5 Å². The average Bonchev–Trinajstić information content (AvgIpc) is 2.01. The van der Waals surface area contributed by atoms with Gasteiger partial charge in [0.2, 0.25) is 0 Å². The summed E-state index contributed by atoms with van der Waals surface area (Å²) >= 11 is 0. The first-order valence-corrected chi connectivity index (χ1v) is 6.43. The highest BCUT2D eigenvalue weighted by atomic mass is 32.2. The predicted molar refractivity (Wildman–Crippen MR) is 56.4 cm³/mol. The van der Waals surface area contributed by atoms with Gasteiger partial charge < -0.3 is 5.73 Å². The van der Waals surface area contributed by atoms with E-state index in [4.69, 9.17) is 5.73 Å². The molecule has 4 heteroatoms. The molecule has 1 unspecified atom stereocenters. The monoisotopic (exact) mass is 207 g/mol. The standard InChI is InChI=1S/C9H21NO2S/c1-5-9(4,10)6-7-13(11,12)8(2)3/h8H,5-7,10H2,1-4H3. The summed E-state index contributed by atoms with van der Waals surface area (Å²) in [5.41, 5.74) is 5.51. The first-order chi connectivity index (χ1) is 5.71. The van der Waals surface area contributed by atoms with Crippen LogP contribution in [0.15, 0.2) is 0 Å². The number of hydrogen-bond acceptors (Lipinski definition) is 3. The molecule has 0 saturated carbocycles. The summed E-state index contributed by atoms with van der Waals surface area (Å²) in [7, 11) is -2.92. The van der Waals surface area contributed by atoms with Gasteiger partial charge in [0, 0.05) is 5.54 Å². The van der Waals surface area contributed by atoms with Crippen molar-refractivity contribution in [3.05, 3.63) is 0 Å². The lowest BCUT2D eigenvalue weighted by atomic mass is 9.97. The molecular weight excluding hydrogens is 186 g/mol. The highest BCUT2D eigenvalue weighted by molar-refractivity contribution is 7.91. The largest absolute Gasteiger partial charge is 0.325 e. The van der Waals surface area contributed by atoms with E-state index in [1.807, 2.05) is 13.8 Å². The van der Waals surface area contributed by atoms with Crippen LogP contribution in [0.5, 0.6) is 0 Å². The Morgan fingerprint density at radius 3 is 2.15 bits per heavy atom. The van der Waals surface area contributed by atoms with Gasteiger partial charge in [0.25, 0.3) is 0 Å². The van der Waals surface area contributed by atoms with Gasteiger partial charge in [0.15, 0.2) is 9.84 Å². The molecule has 0 fully saturated rings. The van der Waals surface area contributed by atoms with Gasteiger partial charge in [-0.2, -0.15) is 0 Å². The third-order valence-electron chi connectivity index (χ3n) is 2.48. The Morgan fingerprint density at radius 2 is 1.85 bits per heavy atom. The minimum absolute atomic E-state index is 0.200. The van der Waals surface area contributed by atoms with Gasteiger partial charge in [0.05, 0.1) is 11.0 Å². The van der Waals surface area contributed by atoms with E-state index in [1.54, 1.807) is 13.8 Å². The third-order valence-corrected chi connectivity index (χ3v) is 4.69. The van der Waals surface area contributed by atoms with Crippen molar-refractivity contribution >= 4 is 9.84 Å². The lowest BCUT2D eigenvalue weighted by Crippen LogP contribution is -2.38. The van der Waals surface area contributed by atoms with Crippen molar-refractivity contribution in [2.24, 2.45) is 5.73 Å². The lowest BCUT2D eigenvalue weighted by Gasteiger charge is -2.22. The van der Waals surface area contributed by atoms with E-state index in [0.717, 1.165) is 6.42 Å². The molecule has 3 nitrogen and oxygen atoms in total. The van der Waals surface area contributed by atoms with Gasteiger partial charge in [0.1, 0.15) is 0 Å². The SMILES string of the molecule is CCC(C)(N)CCS(=O)(=O)C(C)C. The van der Waals surface area contributed by atoms with Crippen LogP contribution in [-0.4, -0.2) is 25.0 Å². The summed E-state index contributed by atoms with van der Waals surface area (Å²) in [6.45, 7) is 7.27. The molecular formula is C9H21NO2S. The van der Waals surface area contributed by atoms with Crippen LogP contribution in [0.1, 0.15) is 40.5 Å². The van der Waals surface area contributed by atoms with Crippen LogP contribution in [-0.2, 0) is 9.84 Å². The molecule has 0 aliphatic carbocycles. The summed E-state index contributed by atoms with van der Waals surface area (Å²) in [6.07, 6.45) is 1.35. The van der Waals surface area contributed by atoms with Gasteiger partial charge in [-0.15, -0.1) is 0 Å². The predicted octanol–water partition coefficient (Wildman–Crippen LogP) is 1.33. The Kier molecular flexibility index (Phi) is 4.39. The van der Waals surface area contributed by atoms with E-state index in [1.165, 1.54) is 0 Å². The molecule has 0 bridgehead atoms. The van der Waals surface area contributed by atoms with Gasteiger partial charge in [-0.3, -0.25) is 0 Å². The average molecular weight is 207 g/mol. The molecule has 13 heavy (non-hydrogen) atoms. The Morgan fingerprint density at radius 1 is 1.38 bits per heavy atom. The summed E-state index contributed by atoms with van der Waals surface area (Å²) < 4.78 is 22.9. The van der Waals surface area contributed by atoms with Gasteiger partial charge in [-0.05, 0) is 33.6 Å². The second-order valence-electron chi connectivity index (χ2n) is 4.17. The second kappa shape index (κ2) is 4.42. The zero-order valence-corrected chi connectivity index (χ0v) is 9.82. The maximum absolute atomic E-state index is 11.4. The van der Waals surface area contributed by atoms with E-state index in [9.17, 15) is 8.42 Å². The summed E-state index contributed by atoms with van der Waals surface area (Å²) in [5.74, 6) is 0.200. The molecule has 0 spiro atoms. The number of hydrogen-bond donors (Lipinski definition) is 1. The molecule has 0 saturated heterocycles. The summed E-state index contributed by atoms with van der Waals surface area (Å²) in [4.78, 5) is 0. The minimum atomic E-state index is -2.92. The fourth-order valence-electron chi connectivity index (χ4n) is 0.788. The van der Waals surface area contributed by atoms with E-state index < -0.39 is 9.84 Å². The van der Waals surface area contributed by atoms with E-state index in [2.05, 4.69) is 0 Å². The van der Waals surface area contributed by atoms with Crippen LogP contribution in [0.3, 0.4) is 0 Å². The van der Waals surface area contributed by atoms with Gasteiger partial charge in [-0.1, -0.05) is 6.92 Å². The van der Waals surface area contributed by atoms with Crippen molar-refractivity contribution in [2.45, 2.75) is 51.3 Å². The molecule has 0 aliphatic heterocycles. The maximum atomic E-state index is 11.4. The van der Waals surface area contributed by atoms with Crippen LogP contribution in [0, 0.1) is 0 Å². The second-order valence-corrected chi connectivity index (χ2v) is 6.85. The smallest absolute Gasteiger partial charge is 0.152 e. The minimum Gasteiger partial charge on any atom is -0.325 e. The topological polar surface area (TPSA) is 60.2 Å². The Bertz CT molecular complexity index is 242. The zero-order valence-electron chi connectivity index (χ0n) is 9.00. The molecule has 2 N–H and O–H groups in total. The van der Waals surface area contributed by atoms with E-state index >= 15 is 0 Å². The number of nitrogens with two attached hydrogens (primary N) is 1. The van der Waals surface area contributed by atoms with Crippen LogP contribution in [0.2, 0.25) is 0 Å². The van der Waals surface area contributed by atoms with Crippen LogP contribution >= 0.6 is 0 Å². The molecule has 1 atom stereocenters. The first kappa shape index (κ1) is 12.9. The molecule has 0 aromatic rings. The molecule has 0 aliphatic rings. The Balaban J connectivity index is 4.19. The molecule has 0 aromatic carbocycles. The van der Waals surface area contributed by atoms with Crippen LogP contribution < -0.4 is 5.73 Å². The fraction of sp³-hybridized carbons (Fsp3) is 1.00. The van der Waals surface area contributed by atoms with Gasteiger partial charge in [-0.25, -0.2) is 8.42 Å². The van der Waals surface area contributed by atoms with Crippen LogP contribution in [0.25, 0.3) is 0 Å². The quantitative estimate of drug-likeness (QED) is 0.740. The summed E-state index contributed by atoms with van der Waals surface area (Å²) in [6, 6.07) is 0. The van der Waals surface area contributed by atoms with Crippen molar-refractivity contribution in [1.82, 2.24) is 0 Å². The molecule has 0 rings (SSSR count). The Labute approximate surface area is 81.6 Å². The van der Waals surface area contributed by atoms with Gasteiger partial charge >= 0.3 is 0 Å². The number of rotatable bonds is 5. The number of sulfone groups is 1.